The van der Waals surface area contributed by atoms with Gasteiger partial charge in [-0.2, -0.15) is 4.52 Å². The molecule has 5 aromatic rings. The van der Waals surface area contributed by atoms with Crippen molar-refractivity contribution >= 4 is 32.6 Å². The molecule has 0 saturated carbocycles. The maximum absolute atomic E-state index is 13.3. The normalized spacial score (nSPS) is 13.4. The van der Waals surface area contributed by atoms with E-state index >= 15 is 0 Å². The summed E-state index contributed by atoms with van der Waals surface area (Å²) >= 11 is 0. The zero-order valence-electron chi connectivity index (χ0n) is 16.6. The van der Waals surface area contributed by atoms with Crippen LogP contribution >= 0.6 is 0 Å². The van der Waals surface area contributed by atoms with Crippen molar-refractivity contribution in [2.45, 2.75) is 23.4 Å². The number of hydrogen-bond acceptors (Lipinski definition) is 7. The van der Waals surface area contributed by atoms with Gasteiger partial charge in [0, 0.05) is 24.3 Å². The van der Waals surface area contributed by atoms with Crippen LogP contribution in [0.5, 0.6) is 0 Å². The van der Waals surface area contributed by atoms with Crippen LogP contribution in [0.2, 0.25) is 0 Å². The molecule has 0 bridgehead atoms. The van der Waals surface area contributed by atoms with Gasteiger partial charge in [0.2, 0.25) is 5.65 Å². The van der Waals surface area contributed by atoms with Crippen LogP contribution in [0.25, 0.3) is 16.6 Å². The average Bonchev–Trinajstić information content (AvgIpc) is 3.23. The molecule has 0 amide bonds. The van der Waals surface area contributed by atoms with Crippen molar-refractivity contribution in [3.8, 4) is 0 Å². The van der Waals surface area contributed by atoms with Crippen molar-refractivity contribution in [1.82, 2.24) is 24.8 Å². The predicted molar refractivity (Wildman–Crippen MR) is 116 cm³/mol. The molecule has 0 radical (unpaired) electrons. The highest BCUT2D eigenvalue weighted by Crippen LogP contribution is 2.31. The lowest BCUT2D eigenvalue weighted by Gasteiger charge is -2.13. The summed E-state index contributed by atoms with van der Waals surface area (Å²) in [6.45, 7) is 2.41. The number of nitrogens with one attached hydrogen (secondary N) is 1. The van der Waals surface area contributed by atoms with E-state index in [2.05, 4.69) is 25.6 Å². The SMILES string of the molecule is Cc1ccc([S+](=O)([O-])c2nnn3c2nc(NCc2ccncc2)c2ccccc23)cc1. The number of nitrogens with zero attached hydrogens (tertiary/aromatic N) is 5. The second-order valence-corrected chi connectivity index (χ2v) is 9.00. The minimum atomic E-state index is -3.88. The molecule has 5 rings (SSSR count). The molecule has 1 atom stereocenters. The third-order valence-electron chi connectivity index (χ3n) is 5.02. The quantitative estimate of drug-likeness (QED) is 0.424. The molecule has 1 unspecified atom stereocenters. The van der Waals surface area contributed by atoms with Gasteiger partial charge in [0.05, 0.1) is 5.52 Å². The Morgan fingerprint density at radius 3 is 2.55 bits per heavy atom. The Labute approximate surface area is 179 Å². The topological polar surface area (TPSA) is 108 Å². The van der Waals surface area contributed by atoms with Gasteiger partial charge in [-0.3, -0.25) is 4.98 Å². The lowest BCUT2D eigenvalue weighted by Crippen LogP contribution is -2.13. The van der Waals surface area contributed by atoms with Gasteiger partial charge in [-0.15, -0.1) is 0 Å². The molecule has 8 nitrogen and oxygen atoms in total. The first-order chi connectivity index (χ1) is 15.0. The number of benzene rings is 2. The number of fused-ring (bicyclic) bond motifs is 3. The number of aryl methyl sites for hydroxylation is 1. The lowest BCUT2D eigenvalue weighted by atomic mass is 10.2. The molecule has 0 aliphatic carbocycles. The first-order valence-electron chi connectivity index (χ1n) is 9.63. The largest absolute Gasteiger partial charge is 0.604 e. The molecule has 1 N–H and O–H groups in total. The Morgan fingerprint density at radius 2 is 1.77 bits per heavy atom. The van der Waals surface area contributed by atoms with Crippen LogP contribution in [-0.4, -0.2) is 29.3 Å². The minimum Gasteiger partial charge on any atom is -0.604 e. The molecule has 0 aliphatic rings. The highest BCUT2D eigenvalue weighted by Gasteiger charge is 2.32. The number of para-hydroxylation sites is 1. The van der Waals surface area contributed by atoms with Gasteiger partial charge in [0.15, 0.2) is 4.90 Å². The van der Waals surface area contributed by atoms with Crippen molar-refractivity contribution in [1.29, 1.82) is 0 Å². The van der Waals surface area contributed by atoms with Gasteiger partial charge < -0.3 is 9.87 Å². The molecular formula is C22H18N6O2S. The Hall–Kier alpha value is -3.69. The monoisotopic (exact) mass is 430 g/mol. The summed E-state index contributed by atoms with van der Waals surface area (Å²) in [7, 11) is -3.88. The van der Waals surface area contributed by atoms with E-state index in [0.29, 0.717) is 17.9 Å². The fourth-order valence-electron chi connectivity index (χ4n) is 3.37. The number of anilines is 1. The molecular weight excluding hydrogens is 412 g/mol. The number of hydrogen-bond donors (Lipinski definition) is 1. The minimum absolute atomic E-state index is 0.154. The lowest BCUT2D eigenvalue weighted by molar-refractivity contribution is 0.475. The van der Waals surface area contributed by atoms with Crippen molar-refractivity contribution < 1.29 is 8.76 Å². The molecule has 9 heteroatoms. The summed E-state index contributed by atoms with van der Waals surface area (Å²) in [6, 6.07) is 18.0. The molecule has 0 saturated heterocycles. The van der Waals surface area contributed by atoms with Crippen molar-refractivity contribution in [2.75, 3.05) is 5.32 Å². The van der Waals surface area contributed by atoms with Gasteiger partial charge in [-0.05, 0) is 48.9 Å². The maximum Gasteiger partial charge on any atom is 0.317 e. The molecule has 0 fully saturated rings. The Kier molecular flexibility index (Phi) is 4.68. The summed E-state index contributed by atoms with van der Waals surface area (Å²) < 4.78 is 28.0. The van der Waals surface area contributed by atoms with Gasteiger partial charge >= 0.3 is 5.03 Å². The van der Waals surface area contributed by atoms with E-state index in [1.165, 1.54) is 4.52 Å². The molecule has 3 heterocycles. The van der Waals surface area contributed by atoms with Crippen LogP contribution in [0.1, 0.15) is 11.1 Å². The number of sulfone groups is 1. The highest BCUT2D eigenvalue weighted by atomic mass is 32.3. The van der Waals surface area contributed by atoms with Crippen LogP contribution in [-0.2, 0) is 21.0 Å². The Balaban J connectivity index is 1.65. The number of aromatic nitrogens is 5. The van der Waals surface area contributed by atoms with E-state index in [9.17, 15) is 8.76 Å². The summed E-state index contributed by atoms with van der Waals surface area (Å²) in [5.41, 5.74) is 2.89. The fourth-order valence-corrected chi connectivity index (χ4v) is 4.60. The van der Waals surface area contributed by atoms with Crippen LogP contribution in [0, 0.1) is 6.92 Å². The standard InChI is InChI=1S/C22H18N6O2S/c1-15-6-8-17(9-7-15)31(29,30)22-21-25-20(24-14-16-10-12-23-13-11-16)18-4-2-3-5-19(18)28(21)27-26-22/h2-13H,14H2,1H3,(H-,24,25,29,30). The Morgan fingerprint density at radius 1 is 1.03 bits per heavy atom. The molecule has 154 valence electrons. The maximum atomic E-state index is 13.3. The van der Waals surface area contributed by atoms with E-state index in [0.717, 1.165) is 16.5 Å². The van der Waals surface area contributed by atoms with Crippen LogP contribution in [0.4, 0.5) is 5.82 Å². The molecule has 2 aromatic carbocycles. The van der Waals surface area contributed by atoms with Crippen LogP contribution in [0.3, 0.4) is 0 Å². The summed E-state index contributed by atoms with van der Waals surface area (Å²) in [4.78, 5) is 8.80. The van der Waals surface area contributed by atoms with Gasteiger partial charge in [0.1, 0.15) is 16.0 Å². The molecule has 3 aromatic heterocycles. The summed E-state index contributed by atoms with van der Waals surface area (Å²) in [5, 5.41) is 12.1. The number of rotatable bonds is 5. The predicted octanol–water partition coefficient (Wildman–Crippen LogP) is 3.64. The van der Waals surface area contributed by atoms with E-state index in [1.807, 2.05) is 43.3 Å². The second-order valence-electron chi connectivity index (χ2n) is 7.13. The third kappa shape index (κ3) is 3.43. The fraction of sp³-hybridized carbons (Fsp3) is 0.0909. The molecule has 31 heavy (non-hydrogen) atoms. The summed E-state index contributed by atoms with van der Waals surface area (Å²) in [6.07, 6.45) is 3.44. The smallest absolute Gasteiger partial charge is 0.317 e. The first-order valence-corrected chi connectivity index (χ1v) is 11.1. The van der Waals surface area contributed by atoms with E-state index in [1.54, 1.807) is 36.7 Å². The molecule has 0 aliphatic heterocycles. The summed E-state index contributed by atoms with van der Waals surface area (Å²) in [5.74, 6) is 0.558. The first kappa shape index (κ1) is 19.3. The zero-order chi connectivity index (χ0) is 21.4. The van der Waals surface area contributed by atoms with Crippen molar-refractivity contribution in [3.63, 3.8) is 0 Å². The van der Waals surface area contributed by atoms with Crippen molar-refractivity contribution in [3.05, 3.63) is 84.2 Å². The van der Waals surface area contributed by atoms with Gasteiger partial charge in [-0.1, -0.05) is 44.3 Å². The van der Waals surface area contributed by atoms with Gasteiger partial charge in [0.25, 0.3) is 0 Å². The highest BCUT2D eigenvalue weighted by molar-refractivity contribution is 7.97. The second kappa shape index (κ2) is 7.53. The van der Waals surface area contributed by atoms with Crippen LogP contribution in [0.15, 0.2) is 83.0 Å². The molecule has 0 spiro atoms. The van der Waals surface area contributed by atoms with E-state index in [-0.39, 0.29) is 15.6 Å². The third-order valence-corrected chi connectivity index (χ3v) is 6.68. The van der Waals surface area contributed by atoms with Crippen molar-refractivity contribution in [2.24, 2.45) is 0 Å². The van der Waals surface area contributed by atoms with E-state index < -0.39 is 10.2 Å². The Bertz CT molecular complexity index is 1430. The number of pyridine rings is 1. The van der Waals surface area contributed by atoms with E-state index in [4.69, 9.17) is 0 Å². The zero-order valence-corrected chi connectivity index (χ0v) is 17.4. The average molecular weight is 430 g/mol. The van der Waals surface area contributed by atoms with Crippen LogP contribution < -0.4 is 5.32 Å². The van der Waals surface area contributed by atoms with Gasteiger partial charge in [-0.25, -0.2) is 4.98 Å².